The first-order valence-corrected chi connectivity index (χ1v) is 5.57. The van der Waals surface area contributed by atoms with Gasteiger partial charge in [0.2, 0.25) is 5.91 Å². The SMILES string of the molecule is COc1ccc(OCCC(=O)NC(N)=O)c(C(=O)O)c1. The molecule has 8 nitrogen and oxygen atoms in total. The predicted octanol–water partition coefficient (Wildman–Crippen LogP) is 0.357. The largest absolute Gasteiger partial charge is 0.497 e. The molecule has 0 aliphatic carbocycles. The number of imide groups is 1. The minimum Gasteiger partial charge on any atom is -0.497 e. The number of primary amides is 1. The fraction of sp³-hybridized carbons (Fsp3) is 0.250. The van der Waals surface area contributed by atoms with Crippen LogP contribution >= 0.6 is 0 Å². The zero-order chi connectivity index (χ0) is 15.1. The van der Waals surface area contributed by atoms with Crippen LogP contribution in [-0.4, -0.2) is 36.7 Å². The Balaban J connectivity index is 2.66. The number of carboxylic acid groups (broad SMARTS) is 1. The van der Waals surface area contributed by atoms with Gasteiger partial charge in [0.15, 0.2) is 0 Å². The smallest absolute Gasteiger partial charge is 0.339 e. The van der Waals surface area contributed by atoms with Crippen molar-refractivity contribution in [2.75, 3.05) is 13.7 Å². The molecule has 1 rings (SSSR count). The van der Waals surface area contributed by atoms with Crippen LogP contribution in [0, 0.1) is 0 Å². The molecule has 108 valence electrons. The highest BCUT2D eigenvalue weighted by molar-refractivity contribution is 5.93. The highest BCUT2D eigenvalue weighted by Gasteiger charge is 2.13. The van der Waals surface area contributed by atoms with Crippen molar-refractivity contribution in [2.24, 2.45) is 5.73 Å². The molecule has 0 bridgehead atoms. The summed E-state index contributed by atoms with van der Waals surface area (Å²) in [5.74, 6) is -1.31. The molecule has 0 atom stereocenters. The van der Waals surface area contributed by atoms with Crippen molar-refractivity contribution in [3.05, 3.63) is 23.8 Å². The highest BCUT2D eigenvalue weighted by Crippen LogP contribution is 2.24. The number of rotatable bonds is 6. The molecule has 0 radical (unpaired) electrons. The van der Waals surface area contributed by atoms with E-state index in [1.54, 1.807) is 0 Å². The van der Waals surface area contributed by atoms with Gasteiger partial charge in [-0.15, -0.1) is 0 Å². The predicted molar refractivity (Wildman–Crippen MR) is 67.8 cm³/mol. The second kappa shape index (κ2) is 6.98. The van der Waals surface area contributed by atoms with Crippen molar-refractivity contribution in [1.29, 1.82) is 0 Å². The standard InChI is InChI=1S/C12H14N2O6/c1-19-7-2-3-9(8(6-7)11(16)17)20-5-4-10(15)14-12(13)18/h2-3,6H,4-5H2,1H3,(H,16,17)(H3,13,14,15,18). The number of benzene rings is 1. The summed E-state index contributed by atoms with van der Waals surface area (Å²) in [6, 6.07) is 3.31. The van der Waals surface area contributed by atoms with Gasteiger partial charge >= 0.3 is 12.0 Å². The van der Waals surface area contributed by atoms with Crippen LogP contribution in [0.4, 0.5) is 4.79 Å². The summed E-state index contributed by atoms with van der Waals surface area (Å²) in [4.78, 5) is 32.6. The molecule has 0 saturated heterocycles. The molecule has 1 aromatic rings. The van der Waals surface area contributed by atoms with Crippen molar-refractivity contribution in [3.63, 3.8) is 0 Å². The van der Waals surface area contributed by atoms with Gasteiger partial charge in [-0.2, -0.15) is 0 Å². The van der Waals surface area contributed by atoms with E-state index in [0.29, 0.717) is 5.75 Å². The Kier molecular flexibility index (Phi) is 5.33. The van der Waals surface area contributed by atoms with Gasteiger partial charge in [0, 0.05) is 0 Å². The van der Waals surface area contributed by atoms with Crippen LogP contribution in [0.5, 0.6) is 11.5 Å². The van der Waals surface area contributed by atoms with Gasteiger partial charge < -0.3 is 20.3 Å². The second-order valence-corrected chi connectivity index (χ2v) is 3.68. The molecular weight excluding hydrogens is 268 g/mol. The Hall–Kier alpha value is -2.77. The first-order valence-electron chi connectivity index (χ1n) is 5.57. The number of nitrogens with two attached hydrogens (primary N) is 1. The number of amides is 3. The topological polar surface area (TPSA) is 128 Å². The fourth-order valence-corrected chi connectivity index (χ4v) is 1.38. The fourth-order valence-electron chi connectivity index (χ4n) is 1.38. The third-order valence-electron chi connectivity index (χ3n) is 2.27. The first kappa shape index (κ1) is 15.3. The summed E-state index contributed by atoms with van der Waals surface area (Å²) in [6.45, 7) is -0.0915. The molecule has 0 unspecified atom stereocenters. The molecule has 0 fully saturated rings. The number of carbonyl (C=O) groups is 3. The lowest BCUT2D eigenvalue weighted by Crippen LogP contribution is -2.35. The molecule has 1 aromatic carbocycles. The number of carbonyl (C=O) groups excluding carboxylic acids is 2. The van der Waals surface area contributed by atoms with Crippen LogP contribution in [0.15, 0.2) is 18.2 Å². The highest BCUT2D eigenvalue weighted by atomic mass is 16.5. The van der Waals surface area contributed by atoms with Gasteiger partial charge in [-0.25, -0.2) is 9.59 Å². The minimum atomic E-state index is -1.18. The minimum absolute atomic E-state index is 0.0836. The number of aromatic carboxylic acids is 1. The van der Waals surface area contributed by atoms with Crippen LogP contribution in [-0.2, 0) is 4.79 Å². The average Bonchev–Trinajstić information content (AvgIpc) is 2.37. The van der Waals surface area contributed by atoms with Gasteiger partial charge in [0.1, 0.15) is 17.1 Å². The number of carboxylic acids is 1. The second-order valence-electron chi connectivity index (χ2n) is 3.68. The van der Waals surface area contributed by atoms with E-state index in [9.17, 15) is 14.4 Å². The normalized spacial score (nSPS) is 9.65. The van der Waals surface area contributed by atoms with Crippen LogP contribution in [0.2, 0.25) is 0 Å². The Morgan fingerprint density at radius 1 is 1.35 bits per heavy atom. The van der Waals surface area contributed by atoms with E-state index in [0.717, 1.165) is 0 Å². The maximum absolute atomic E-state index is 11.1. The Morgan fingerprint density at radius 3 is 2.60 bits per heavy atom. The number of methoxy groups -OCH3 is 1. The molecule has 0 spiro atoms. The number of nitrogens with one attached hydrogen (secondary N) is 1. The molecule has 0 heterocycles. The Bertz CT molecular complexity index is 529. The molecule has 8 heteroatoms. The third-order valence-corrected chi connectivity index (χ3v) is 2.27. The molecule has 20 heavy (non-hydrogen) atoms. The van der Waals surface area contributed by atoms with Crippen molar-refractivity contribution < 1.29 is 29.0 Å². The van der Waals surface area contributed by atoms with Gasteiger partial charge in [-0.1, -0.05) is 0 Å². The summed E-state index contributed by atoms with van der Waals surface area (Å²) >= 11 is 0. The lowest BCUT2D eigenvalue weighted by Gasteiger charge is -2.10. The summed E-state index contributed by atoms with van der Waals surface area (Å²) in [5.41, 5.74) is 4.69. The molecule has 4 N–H and O–H groups in total. The first-order chi connectivity index (χ1) is 9.43. The lowest BCUT2D eigenvalue weighted by molar-refractivity contribution is -0.120. The maximum atomic E-state index is 11.1. The van der Waals surface area contributed by atoms with E-state index in [2.05, 4.69) is 0 Å². The summed E-state index contributed by atoms with van der Waals surface area (Å²) < 4.78 is 10.1. The quantitative estimate of drug-likeness (QED) is 0.691. The van der Waals surface area contributed by atoms with E-state index >= 15 is 0 Å². The number of ether oxygens (including phenoxy) is 2. The number of hydrogen-bond donors (Lipinski definition) is 3. The van der Waals surface area contributed by atoms with Gasteiger partial charge in [-0.05, 0) is 18.2 Å². The molecular formula is C12H14N2O6. The summed E-state index contributed by atoms with van der Waals surface area (Å²) in [7, 11) is 1.41. The van der Waals surface area contributed by atoms with Crippen molar-refractivity contribution >= 4 is 17.9 Å². The summed E-state index contributed by atoms with van der Waals surface area (Å²) in [5, 5.41) is 10.9. The third kappa shape index (κ3) is 4.48. The van der Waals surface area contributed by atoms with Crippen LogP contribution in [0.25, 0.3) is 0 Å². The Morgan fingerprint density at radius 2 is 2.05 bits per heavy atom. The molecule has 0 aliphatic rings. The van der Waals surface area contributed by atoms with Crippen molar-refractivity contribution in [1.82, 2.24) is 5.32 Å². The van der Waals surface area contributed by atoms with Crippen molar-refractivity contribution in [2.45, 2.75) is 6.42 Å². The lowest BCUT2D eigenvalue weighted by atomic mass is 10.2. The van der Waals surface area contributed by atoms with E-state index < -0.39 is 17.9 Å². The molecule has 0 aromatic heterocycles. The number of hydrogen-bond acceptors (Lipinski definition) is 5. The molecule has 0 aliphatic heterocycles. The maximum Gasteiger partial charge on any atom is 0.339 e. The van der Waals surface area contributed by atoms with Crippen molar-refractivity contribution in [3.8, 4) is 11.5 Å². The van der Waals surface area contributed by atoms with E-state index in [4.69, 9.17) is 20.3 Å². The van der Waals surface area contributed by atoms with E-state index in [1.165, 1.54) is 25.3 Å². The van der Waals surface area contributed by atoms with Gasteiger partial charge in [0.05, 0.1) is 20.1 Å². The van der Waals surface area contributed by atoms with E-state index in [1.807, 2.05) is 5.32 Å². The van der Waals surface area contributed by atoms with Gasteiger partial charge in [0.25, 0.3) is 0 Å². The monoisotopic (exact) mass is 282 g/mol. The van der Waals surface area contributed by atoms with Crippen LogP contribution in [0.1, 0.15) is 16.8 Å². The van der Waals surface area contributed by atoms with E-state index in [-0.39, 0.29) is 24.3 Å². The zero-order valence-corrected chi connectivity index (χ0v) is 10.7. The summed E-state index contributed by atoms with van der Waals surface area (Å²) in [6.07, 6.45) is -0.131. The average molecular weight is 282 g/mol. The molecule has 3 amide bonds. The van der Waals surface area contributed by atoms with Crippen LogP contribution < -0.4 is 20.5 Å². The Labute approximate surface area is 114 Å². The number of urea groups is 1. The van der Waals surface area contributed by atoms with Crippen LogP contribution in [0.3, 0.4) is 0 Å². The molecule has 0 saturated carbocycles. The van der Waals surface area contributed by atoms with Gasteiger partial charge in [-0.3, -0.25) is 10.1 Å². The zero-order valence-electron chi connectivity index (χ0n) is 10.7.